The van der Waals surface area contributed by atoms with Gasteiger partial charge in [0.05, 0.1) is 5.57 Å². The van der Waals surface area contributed by atoms with E-state index in [0.29, 0.717) is 22.0 Å². The lowest BCUT2D eigenvalue weighted by Gasteiger charge is -2.17. The van der Waals surface area contributed by atoms with Crippen molar-refractivity contribution in [2.24, 2.45) is 0 Å². The summed E-state index contributed by atoms with van der Waals surface area (Å²) in [7, 11) is 0. The maximum atomic E-state index is 12.1. The zero-order chi connectivity index (χ0) is 20.1. The van der Waals surface area contributed by atoms with Crippen LogP contribution in [0.15, 0.2) is 48.0 Å². The zero-order valence-electron chi connectivity index (χ0n) is 14.3. The van der Waals surface area contributed by atoms with Crippen molar-refractivity contribution in [2.45, 2.75) is 6.61 Å². The van der Waals surface area contributed by atoms with E-state index in [1.807, 2.05) is 0 Å². The third-order valence-electron chi connectivity index (χ3n) is 3.64. The summed E-state index contributed by atoms with van der Waals surface area (Å²) in [4.78, 5) is 24.0. The molecule has 0 saturated carbocycles. The number of hydrogen-bond donors (Lipinski definition) is 1. The summed E-state index contributed by atoms with van der Waals surface area (Å²) in [5, 5.41) is 2.97. The first-order valence-corrected chi connectivity index (χ1v) is 8.43. The van der Waals surface area contributed by atoms with Crippen LogP contribution in [-0.4, -0.2) is 31.7 Å². The van der Waals surface area contributed by atoms with Crippen molar-refractivity contribution in [3.63, 3.8) is 0 Å². The number of amides is 1. The molecule has 28 heavy (non-hydrogen) atoms. The molecule has 1 aliphatic rings. The molecule has 6 nitrogen and oxygen atoms in total. The van der Waals surface area contributed by atoms with Crippen LogP contribution in [0.4, 0.5) is 14.5 Å². The number of carbonyl (C=O) groups is 2. The molecule has 0 unspecified atom stereocenters. The average Bonchev–Trinajstić information content (AvgIpc) is 2.66. The smallest absolute Gasteiger partial charge is 0.387 e. The number of esters is 1. The monoisotopic (exact) mass is 409 g/mol. The molecule has 2 aromatic rings. The summed E-state index contributed by atoms with van der Waals surface area (Å²) >= 11 is 5.92. The minimum Gasteiger partial charge on any atom is -0.488 e. The molecule has 0 fully saturated rings. The Morgan fingerprint density at radius 3 is 2.64 bits per heavy atom. The predicted octanol–water partition coefficient (Wildman–Crippen LogP) is 3.90. The largest absolute Gasteiger partial charge is 0.488 e. The number of fused-ring (bicyclic) bond motifs is 1. The molecule has 146 valence electrons. The highest BCUT2D eigenvalue weighted by molar-refractivity contribution is 6.30. The third-order valence-corrected chi connectivity index (χ3v) is 3.88. The second-order valence-corrected chi connectivity index (χ2v) is 6.10. The molecular weight excluding hydrogens is 396 g/mol. The molecule has 0 atom stereocenters. The number of ether oxygens (including phenoxy) is 3. The second kappa shape index (κ2) is 8.71. The van der Waals surface area contributed by atoms with Crippen LogP contribution in [-0.2, 0) is 14.3 Å². The molecule has 0 radical (unpaired) electrons. The first kappa shape index (κ1) is 19.6. The molecule has 1 heterocycles. The molecule has 0 bridgehead atoms. The van der Waals surface area contributed by atoms with E-state index in [1.54, 1.807) is 24.3 Å². The Labute approximate surface area is 163 Å². The van der Waals surface area contributed by atoms with Crippen molar-refractivity contribution in [1.82, 2.24) is 0 Å². The van der Waals surface area contributed by atoms with Gasteiger partial charge in [-0.15, -0.1) is 0 Å². The van der Waals surface area contributed by atoms with Gasteiger partial charge in [0.2, 0.25) is 0 Å². The van der Waals surface area contributed by atoms with E-state index in [9.17, 15) is 18.4 Å². The van der Waals surface area contributed by atoms with Crippen molar-refractivity contribution in [3.05, 3.63) is 58.6 Å². The average molecular weight is 410 g/mol. The number of benzene rings is 2. The Hall–Kier alpha value is -3.13. The minimum absolute atomic E-state index is 0.0146. The van der Waals surface area contributed by atoms with E-state index in [4.69, 9.17) is 21.1 Å². The summed E-state index contributed by atoms with van der Waals surface area (Å²) < 4.78 is 38.9. The van der Waals surface area contributed by atoms with Crippen molar-refractivity contribution in [2.75, 3.05) is 18.5 Å². The topological polar surface area (TPSA) is 73.9 Å². The van der Waals surface area contributed by atoms with E-state index in [0.717, 1.165) is 0 Å². The van der Waals surface area contributed by atoms with Crippen molar-refractivity contribution >= 4 is 35.2 Å². The molecular formula is C19H14ClF2NO5. The van der Waals surface area contributed by atoms with E-state index < -0.39 is 25.1 Å². The Morgan fingerprint density at radius 1 is 1.18 bits per heavy atom. The van der Waals surface area contributed by atoms with Crippen LogP contribution < -0.4 is 14.8 Å². The lowest BCUT2D eigenvalue weighted by molar-refractivity contribution is -0.143. The van der Waals surface area contributed by atoms with Gasteiger partial charge in [-0.3, -0.25) is 4.79 Å². The Balaban J connectivity index is 1.52. The number of anilines is 1. The molecule has 9 heteroatoms. The Bertz CT molecular complexity index is 915. The molecule has 1 N–H and O–H groups in total. The van der Waals surface area contributed by atoms with Crippen LogP contribution in [0, 0.1) is 0 Å². The van der Waals surface area contributed by atoms with Crippen molar-refractivity contribution < 1.29 is 32.6 Å². The van der Waals surface area contributed by atoms with Gasteiger partial charge in [0.25, 0.3) is 5.91 Å². The maximum Gasteiger partial charge on any atom is 0.387 e. The quantitative estimate of drug-likeness (QED) is 0.732. The highest BCUT2D eigenvalue weighted by Gasteiger charge is 2.19. The summed E-state index contributed by atoms with van der Waals surface area (Å²) in [5.74, 6) is -0.722. The van der Waals surface area contributed by atoms with Crippen LogP contribution in [0.5, 0.6) is 11.5 Å². The summed E-state index contributed by atoms with van der Waals surface area (Å²) in [6.07, 6.45) is 1.59. The number of halogens is 3. The number of hydrogen-bond acceptors (Lipinski definition) is 5. The molecule has 0 saturated heterocycles. The van der Waals surface area contributed by atoms with Crippen LogP contribution >= 0.6 is 11.6 Å². The fraction of sp³-hybridized carbons (Fsp3) is 0.158. The second-order valence-electron chi connectivity index (χ2n) is 5.67. The van der Waals surface area contributed by atoms with Gasteiger partial charge < -0.3 is 19.5 Å². The van der Waals surface area contributed by atoms with Crippen LogP contribution in [0.3, 0.4) is 0 Å². The molecule has 1 amide bonds. The third kappa shape index (κ3) is 5.20. The molecule has 2 aromatic carbocycles. The van der Waals surface area contributed by atoms with Gasteiger partial charge in [-0.05, 0) is 48.5 Å². The minimum atomic E-state index is -2.93. The molecule has 1 aliphatic heterocycles. The van der Waals surface area contributed by atoms with Crippen LogP contribution in [0.25, 0.3) is 6.08 Å². The summed E-state index contributed by atoms with van der Waals surface area (Å²) in [6.45, 7) is -3.44. The number of alkyl halides is 2. The van der Waals surface area contributed by atoms with E-state index in [-0.39, 0.29) is 17.9 Å². The van der Waals surface area contributed by atoms with Gasteiger partial charge in [0.15, 0.2) is 6.61 Å². The van der Waals surface area contributed by atoms with Crippen LogP contribution in [0.1, 0.15) is 5.56 Å². The number of nitrogens with one attached hydrogen (secondary N) is 1. The normalized spacial score (nSPS) is 12.5. The standard InChI is InChI=1S/C19H14ClF2NO5/c20-13-1-6-16-11(8-13)7-12(9-26-16)18(25)27-10-17(24)23-14-2-4-15(5-3-14)28-19(21)22/h1-8,19H,9-10H2,(H,23,24). The van der Waals surface area contributed by atoms with Gasteiger partial charge in [-0.2, -0.15) is 8.78 Å². The van der Waals surface area contributed by atoms with Gasteiger partial charge in [0.1, 0.15) is 18.1 Å². The lowest BCUT2D eigenvalue weighted by atomic mass is 10.1. The van der Waals surface area contributed by atoms with E-state index >= 15 is 0 Å². The highest BCUT2D eigenvalue weighted by atomic mass is 35.5. The SMILES string of the molecule is O=C(COC(=O)C1=Cc2cc(Cl)ccc2OC1)Nc1ccc(OC(F)F)cc1. The summed E-state index contributed by atoms with van der Waals surface area (Å²) in [5.41, 5.74) is 1.23. The fourth-order valence-electron chi connectivity index (χ4n) is 2.41. The van der Waals surface area contributed by atoms with Gasteiger partial charge >= 0.3 is 12.6 Å². The number of rotatable bonds is 6. The van der Waals surface area contributed by atoms with Crippen molar-refractivity contribution in [1.29, 1.82) is 0 Å². The first-order chi connectivity index (χ1) is 13.4. The fourth-order valence-corrected chi connectivity index (χ4v) is 2.59. The zero-order valence-corrected chi connectivity index (χ0v) is 15.0. The maximum absolute atomic E-state index is 12.1. The van der Waals surface area contributed by atoms with Crippen LogP contribution in [0.2, 0.25) is 5.02 Å². The highest BCUT2D eigenvalue weighted by Crippen LogP contribution is 2.29. The number of carbonyl (C=O) groups excluding carboxylic acids is 2. The Kier molecular flexibility index (Phi) is 6.10. The predicted molar refractivity (Wildman–Crippen MR) is 97.6 cm³/mol. The lowest BCUT2D eigenvalue weighted by Crippen LogP contribution is -2.23. The van der Waals surface area contributed by atoms with Gasteiger partial charge in [0, 0.05) is 16.3 Å². The van der Waals surface area contributed by atoms with E-state index in [1.165, 1.54) is 24.3 Å². The molecule has 0 spiro atoms. The first-order valence-electron chi connectivity index (χ1n) is 8.05. The molecule has 0 aromatic heterocycles. The Morgan fingerprint density at radius 2 is 1.93 bits per heavy atom. The summed E-state index contributed by atoms with van der Waals surface area (Å²) in [6, 6.07) is 10.3. The van der Waals surface area contributed by atoms with E-state index in [2.05, 4.69) is 10.1 Å². The van der Waals surface area contributed by atoms with Crippen molar-refractivity contribution in [3.8, 4) is 11.5 Å². The molecule has 0 aliphatic carbocycles. The van der Waals surface area contributed by atoms with Gasteiger partial charge in [-0.1, -0.05) is 11.6 Å². The van der Waals surface area contributed by atoms with Gasteiger partial charge in [-0.25, -0.2) is 4.79 Å². The molecule has 3 rings (SSSR count).